The largest absolute Gasteiger partial charge is 0.491 e. The van der Waals surface area contributed by atoms with Crippen molar-refractivity contribution in [3.05, 3.63) is 63.7 Å². The number of benzene rings is 2. The first-order valence-electron chi connectivity index (χ1n) is 11.6. The fourth-order valence-corrected chi connectivity index (χ4v) is 5.21. The van der Waals surface area contributed by atoms with Gasteiger partial charge in [-0.25, -0.2) is 0 Å². The fraction of sp³-hybridized carbons (Fsp3) is 0.500. The SMILES string of the molecule is Cc1c(OC[C@H](C)O)ccc(C2CCC[C@H]3CN(C(=O)c4ccc(Cl)cc4)CCN23)c1C. The number of fused-ring (bicyclic) bond motifs is 1. The quantitative estimate of drug-likeness (QED) is 0.704. The van der Waals surface area contributed by atoms with Crippen molar-refractivity contribution in [2.24, 2.45) is 0 Å². The van der Waals surface area contributed by atoms with Gasteiger partial charge in [0.25, 0.3) is 5.91 Å². The number of carbonyl (C=O) groups excluding carboxylic acids is 1. The van der Waals surface area contributed by atoms with Crippen LogP contribution in [0.2, 0.25) is 5.02 Å². The average molecular weight is 457 g/mol. The standard InChI is InChI=1S/C26H33ClN2O3/c1-17(30)16-32-25-12-11-23(18(2)19(25)3)24-6-4-5-22-15-28(13-14-29(22)24)26(31)20-7-9-21(27)10-8-20/h7-12,17,22,24,30H,4-6,13-16H2,1-3H3/t17-,22-,24?/m0/s1. The first-order valence-corrected chi connectivity index (χ1v) is 11.9. The van der Waals surface area contributed by atoms with Crippen molar-refractivity contribution >= 4 is 17.5 Å². The van der Waals surface area contributed by atoms with Crippen molar-refractivity contribution < 1.29 is 14.6 Å². The summed E-state index contributed by atoms with van der Waals surface area (Å²) in [5, 5.41) is 10.2. The number of rotatable bonds is 5. The Morgan fingerprint density at radius 3 is 2.59 bits per heavy atom. The topological polar surface area (TPSA) is 53.0 Å². The van der Waals surface area contributed by atoms with E-state index in [4.69, 9.17) is 16.3 Å². The molecule has 2 heterocycles. The molecule has 1 unspecified atom stereocenters. The Hall–Kier alpha value is -2.08. The Morgan fingerprint density at radius 2 is 1.88 bits per heavy atom. The van der Waals surface area contributed by atoms with Crippen molar-refractivity contribution in [3.8, 4) is 5.75 Å². The summed E-state index contributed by atoms with van der Waals surface area (Å²) in [7, 11) is 0. The minimum Gasteiger partial charge on any atom is -0.491 e. The van der Waals surface area contributed by atoms with E-state index in [-0.39, 0.29) is 5.91 Å². The van der Waals surface area contributed by atoms with Gasteiger partial charge in [0, 0.05) is 42.3 Å². The highest BCUT2D eigenvalue weighted by Gasteiger charge is 2.37. The molecule has 4 rings (SSSR count). The molecule has 2 aliphatic rings. The van der Waals surface area contributed by atoms with E-state index in [0.717, 1.165) is 50.2 Å². The molecule has 0 bridgehead atoms. The molecule has 2 saturated heterocycles. The van der Waals surface area contributed by atoms with Gasteiger partial charge in [-0.2, -0.15) is 0 Å². The van der Waals surface area contributed by atoms with E-state index < -0.39 is 6.10 Å². The number of aliphatic hydroxyl groups is 1. The van der Waals surface area contributed by atoms with Gasteiger partial charge in [0.05, 0.1) is 6.10 Å². The van der Waals surface area contributed by atoms with E-state index in [1.807, 2.05) is 23.1 Å². The van der Waals surface area contributed by atoms with Crippen LogP contribution in [0.3, 0.4) is 0 Å². The van der Waals surface area contributed by atoms with E-state index in [1.165, 1.54) is 11.1 Å². The molecule has 2 aromatic rings. The van der Waals surface area contributed by atoms with Crippen LogP contribution in [0.25, 0.3) is 0 Å². The molecule has 0 aliphatic carbocycles. The summed E-state index contributed by atoms with van der Waals surface area (Å²) in [6.07, 6.45) is 2.93. The molecular weight excluding hydrogens is 424 g/mol. The molecule has 2 fully saturated rings. The summed E-state index contributed by atoms with van der Waals surface area (Å²) < 4.78 is 5.80. The number of hydrogen-bond donors (Lipinski definition) is 1. The first-order chi connectivity index (χ1) is 15.3. The van der Waals surface area contributed by atoms with Crippen molar-refractivity contribution in [2.45, 2.75) is 58.2 Å². The van der Waals surface area contributed by atoms with Crippen molar-refractivity contribution in [1.82, 2.24) is 9.80 Å². The smallest absolute Gasteiger partial charge is 0.253 e. The summed E-state index contributed by atoms with van der Waals surface area (Å²) in [5.41, 5.74) is 4.46. The summed E-state index contributed by atoms with van der Waals surface area (Å²) in [4.78, 5) is 17.6. The molecule has 172 valence electrons. The molecule has 32 heavy (non-hydrogen) atoms. The minimum atomic E-state index is -0.486. The molecular formula is C26H33ClN2O3. The third-order valence-corrected chi connectivity index (χ3v) is 7.19. The van der Waals surface area contributed by atoms with E-state index in [0.29, 0.717) is 29.3 Å². The number of hydrogen-bond acceptors (Lipinski definition) is 4. The first kappa shape index (κ1) is 23.1. The lowest BCUT2D eigenvalue weighted by Gasteiger charge is -2.48. The van der Waals surface area contributed by atoms with Crippen LogP contribution < -0.4 is 4.74 Å². The monoisotopic (exact) mass is 456 g/mol. The van der Waals surface area contributed by atoms with Crippen molar-refractivity contribution in [3.63, 3.8) is 0 Å². The molecule has 3 atom stereocenters. The number of amides is 1. The molecule has 2 aromatic carbocycles. The molecule has 0 aromatic heterocycles. The zero-order valence-electron chi connectivity index (χ0n) is 19.2. The zero-order chi connectivity index (χ0) is 22.8. The van der Waals surface area contributed by atoms with Crippen LogP contribution in [0.1, 0.15) is 59.3 Å². The summed E-state index contributed by atoms with van der Waals surface area (Å²) in [6, 6.07) is 12.2. The van der Waals surface area contributed by atoms with Crippen LogP contribution in [0, 0.1) is 13.8 Å². The van der Waals surface area contributed by atoms with Gasteiger partial charge in [-0.05, 0) is 87.1 Å². The van der Waals surface area contributed by atoms with Gasteiger partial charge in [0.1, 0.15) is 12.4 Å². The van der Waals surface area contributed by atoms with E-state index >= 15 is 0 Å². The van der Waals surface area contributed by atoms with Crippen LogP contribution in [-0.2, 0) is 0 Å². The Bertz CT molecular complexity index is 960. The van der Waals surface area contributed by atoms with Crippen LogP contribution >= 0.6 is 11.6 Å². The second kappa shape index (κ2) is 9.82. The van der Waals surface area contributed by atoms with Crippen molar-refractivity contribution in [1.29, 1.82) is 0 Å². The van der Waals surface area contributed by atoms with Gasteiger partial charge < -0.3 is 14.7 Å². The molecule has 1 amide bonds. The molecule has 0 radical (unpaired) electrons. The summed E-state index contributed by atoms with van der Waals surface area (Å²) in [6.45, 7) is 8.69. The lowest BCUT2D eigenvalue weighted by Crippen LogP contribution is -2.57. The molecule has 2 aliphatic heterocycles. The lowest BCUT2D eigenvalue weighted by atomic mass is 9.86. The van der Waals surface area contributed by atoms with Gasteiger partial charge in [0.2, 0.25) is 0 Å². The van der Waals surface area contributed by atoms with E-state index in [1.54, 1.807) is 19.1 Å². The van der Waals surface area contributed by atoms with Crippen LogP contribution in [0.15, 0.2) is 36.4 Å². The zero-order valence-corrected chi connectivity index (χ0v) is 19.9. The molecule has 1 N–H and O–H groups in total. The van der Waals surface area contributed by atoms with Gasteiger partial charge in [-0.3, -0.25) is 9.69 Å². The molecule has 5 nitrogen and oxygen atoms in total. The van der Waals surface area contributed by atoms with E-state index in [9.17, 15) is 9.90 Å². The number of halogens is 1. The van der Waals surface area contributed by atoms with E-state index in [2.05, 4.69) is 24.8 Å². The number of piperazine rings is 1. The van der Waals surface area contributed by atoms with Crippen LogP contribution in [0.5, 0.6) is 5.75 Å². The van der Waals surface area contributed by atoms with Crippen LogP contribution in [-0.4, -0.2) is 59.2 Å². The number of nitrogens with zero attached hydrogens (tertiary/aromatic N) is 2. The predicted octanol–water partition coefficient (Wildman–Crippen LogP) is 4.77. The Labute approximate surface area is 195 Å². The highest BCUT2D eigenvalue weighted by Crippen LogP contribution is 2.39. The second-order valence-electron chi connectivity index (χ2n) is 9.16. The number of piperidine rings is 1. The average Bonchev–Trinajstić information content (AvgIpc) is 2.79. The minimum absolute atomic E-state index is 0.0927. The maximum Gasteiger partial charge on any atom is 0.253 e. The maximum atomic E-state index is 13.0. The third-order valence-electron chi connectivity index (χ3n) is 6.94. The van der Waals surface area contributed by atoms with Gasteiger partial charge in [-0.1, -0.05) is 17.7 Å². The predicted molar refractivity (Wildman–Crippen MR) is 128 cm³/mol. The highest BCUT2D eigenvalue weighted by molar-refractivity contribution is 6.30. The Kier molecular flexibility index (Phi) is 7.08. The maximum absolute atomic E-state index is 13.0. The van der Waals surface area contributed by atoms with Crippen LogP contribution in [0.4, 0.5) is 0 Å². The molecule has 6 heteroatoms. The summed E-state index contributed by atoms with van der Waals surface area (Å²) in [5.74, 6) is 0.938. The van der Waals surface area contributed by atoms with Gasteiger partial charge in [-0.15, -0.1) is 0 Å². The third kappa shape index (κ3) is 4.80. The lowest BCUT2D eigenvalue weighted by molar-refractivity contribution is 0.0101. The number of carbonyl (C=O) groups is 1. The normalized spacial score (nSPS) is 22.3. The Balaban J connectivity index is 1.49. The molecule has 0 spiro atoms. The van der Waals surface area contributed by atoms with Gasteiger partial charge in [0.15, 0.2) is 0 Å². The number of ether oxygens (including phenoxy) is 1. The highest BCUT2D eigenvalue weighted by atomic mass is 35.5. The fourth-order valence-electron chi connectivity index (χ4n) is 5.09. The Morgan fingerprint density at radius 1 is 1.12 bits per heavy atom. The van der Waals surface area contributed by atoms with Gasteiger partial charge >= 0.3 is 0 Å². The summed E-state index contributed by atoms with van der Waals surface area (Å²) >= 11 is 5.98. The molecule has 0 saturated carbocycles. The second-order valence-corrected chi connectivity index (χ2v) is 9.60. The number of aliphatic hydroxyl groups excluding tert-OH is 1. The van der Waals surface area contributed by atoms with Crippen molar-refractivity contribution in [2.75, 3.05) is 26.2 Å².